The fraction of sp³-hybridized carbons (Fsp3) is 0.355. The number of aromatic nitrogens is 3. The maximum atomic E-state index is 13.7. The SMILES string of the molecule is CC(C)(C)OC(=O)N1CCN(C(=O)c2cc(-c3ccc(O)cc3)nc3n[nH]c(C4CC4)c23)CC1.c1ccccc1. The second kappa shape index (κ2) is 11.4. The van der Waals surface area contributed by atoms with Crippen LogP contribution in [0.4, 0.5) is 4.79 Å². The lowest BCUT2D eigenvalue weighted by Gasteiger charge is -2.35. The minimum absolute atomic E-state index is 0.0976. The third-order valence-corrected chi connectivity index (χ3v) is 6.82. The number of pyridine rings is 1. The number of hydrogen-bond donors (Lipinski definition) is 2. The second-order valence-corrected chi connectivity index (χ2v) is 11.1. The van der Waals surface area contributed by atoms with Crippen LogP contribution in [-0.2, 0) is 4.74 Å². The highest BCUT2D eigenvalue weighted by Crippen LogP contribution is 2.43. The van der Waals surface area contributed by atoms with Crippen molar-refractivity contribution in [1.29, 1.82) is 0 Å². The van der Waals surface area contributed by atoms with E-state index in [1.165, 1.54) is 0 Å². The Morgan fingerprint density at radius 1 is 0.925 bits per heavy atom. The van der Waals surface area contributed by atoms with Crippen molar-refractivity contribution in [3.8, 4) is 17.0 Å². The van der Waals surface area contributed by atoms with E-state index in [0.717, 1.165) is 29.5 Å². The minimum atomic E-state index is -0.558. The average molecular weight is 542 g/mol. The van der Waals surface area contributed by atoms with Crippen molar-refractivity contribution in [3.63, 3.8) is 0 Å². The lowest BCUT2D eigenvalue weighted by atomic mass is 10.0. The Hall–Kier alpha value is -4.40. The number of aromatic hydroxyl groups is 1. The third-order valence-electron chi connectivity index (χ3n) is 6.82. The highest BCUT2D eigenvalue weighted by atomic mass is 16.6. The van der Waals surface area contributed by atoms with Gasteiger partial charge in [0, 0.05) is 43.4 Å². The first-order chi connectivity index (χ1) is 19.2. The number of hydrogen-bond acceptors (Lipinski definition) is 6. The van der Waals surface area contributed by atoms with E-state index in [9.17, 15) is 14.7 Å². The fourth-order valence-corrected chi connectivity index (χ4v) is 4.64. The van der Waals surface area contributed by atoms with Crippen LogP contribution in [0.1, 0.15) is 55.6 Å². The number of piperazine rings is 1. The summed E-state index contributed by atoms with van der Waals surface area (Å²) in [5.74, 6) is 0.446. The Kier molecular flexibility index (Phi) is 7.73. The number of carbonyl (C=O) groups excluding carboxylic acids is 2. The van der Waals surface area contributed by atoms with Crippen LogP contribution in [0.15, 0.2) is 66.7 Å². The minimum Gasteiger partial charge on any atom is -0.508 e. The lowest BCUT2D eigenvalue weighted by Crippen LogP contribution is -2.51. The van der Waals surface area contributed by atoms with E-state index in [4.69, 9.17) is 9.72 Å². The van der Waals surface area contributed by atoms with Crippen LogP contribution in [0.5, 0.6) is 5.75 Å². The molecule has 0 unspecified atom stereocenters. The number of phenolic OH excluding ortho intramolecular Hbond substituents is 1. The molecule has 2 aromatic heterocycles. The van der Waals surface area contributed by atoms with Crippen LogP contribution in [0.3, 0.4) is 0 Å². The molecule has 2 amide bonds. The highest BCUT2D eigenvalue weighted by Gasteiger charge is 2.33. The molecule has 2 aliphatic rings. The molecule has 4 aromatic rings. The zero-order valence-electron chi connectivity index (χ0n) is 23.1. The van der Waals surface area contributed by atoms with Gasteiger partial charge in [-0.1, -0.05) is 36.4 Å². The van der Waals surface area contributed by atoms with Gasteiger partial charge in [-0.2, -0.15) is 5.10 Å². The van der Waals surface area contributed by atoms with Crippen LogP contribution in [0, 0.1) is 0 Å². The molecule has 0 radical (unpaired) electrons. The first kappa shape index (κ1) is 27.2. The van der Waals surface area contributed by atoms with Crippen molar-refractivity contribution in [2.24, 2.45) is 0 Å². The zero-order chi connectivity index (χ0) is 28.3. The van der Waals surface area contributed by atoms with Gasteiger partial charge >= 0.3 is 6.09 Å². The maximum absolute atomic E-state index is 13.7. The smallest absolute Gasteiger partial charge is 0.410 e. The van der Waals surface area contributed by atoms with Gasteiger partial charge in [-0.25, -0.2) is 9.78 Å². The average Bonchev–Trinajstić information content (AvgIpc) is 3.71. The molecule has 0 atom stereocenters. The molecule has 0 bridgehead atoms. The summed E-state index contributed by atoms with van der Waals surface area (Å²) in [6.45, 7) is 7.20. The Morgan fingerprint density at radius 3 is 2.05 bits per heavy atom. The quantitative estimate of drug-likeness (QED) is 0.350. The van der Waals surface area contributed by atoms with Crippen LogP contribution < -0.4 is 0 Å². The van der Waals surface area contributed by atoms with Gasteiger partial charge in [-0.05, 0) is 63.9 Å². The number of amides is 2. The third kappa shape index (κ3) is 6.42. The summed E-state index contributed by atoms with van der Waals surface area (Å²) in [5.41, 5.74) is 2.90. The molecule has 1 aliphatic carbocycles. The molecule has 9 heteroatoms. The lowest BCUT2D eigenvalue weighted by molar-refractivity contribution is 0.0141. The first-order valence-corrected chi connectivity index (χ1v) is 13.7. The van der Waals surface area contributed by atoms with Gasteiger partial charge in [0.15, 0.2) is 5.65 Å². The molecule has 1 saturated carbocycles. The van der Waals surface area contributed by atoms with Crippen LogP contribution in [0.2, 0.25) is 0 Å². The normalized spacial score (nSPS) is 15.4. The molecular formula is C31H35N5O4. The van der Waals surface area contributed by atoms with Gasteiger partial charge in [0.1, 0.15) is 11.4 Å². The Labute approximate surface area is 233 Å². The van der Waals surface area contributed by atoms with Crippen molar-refractivity contribution in [2.75, 3.05) is 26.2 Å². The number of nitrogens with zero attached hydrogens (tertiary/aromatic N) is 4. The number of nitrogens with one attached hydrogen (secondary N) is 1. The van der Waals surface area contributed by atoms with Gasteiger partial charge in [0.2, 0.25) is 0 Å². The van der Waals surface area contributed by atoms with Crippen molar-refractivity contribution < 1.29 is 19.4 Å². The number of rotatable bonds is 3. The van der Waals surface area contributed by atoms with Crippen molar-refractivity contribution in [3.05, 3.63) is 78.0 Å². The number of fused-ring (bicyclic) bond motifs is 1. The van der Waals surface area contributed by atoms with Gasteiger partial charge in [0.05, 0.1) is 16.6 Å². The standard InChI is InChI=1S/C25H29N5O4.C6H6/c1-25(2,3)34-24(33)30-12-10-29(11-13-30)23(32)18-14-19(15-6-8-17(31)9-7-15)26-22-20(18)21(27-28-22)16-4-5-16;1-2-4-6-5-3-1/h6-9,14,16,31H,4-5,10-13H2,1-3H3,(H,26,27,28);1-6H. The Balaban J connectivity index is 0.000000477. The van der Waals surface area contributed by atoms with E-state index in [1.807, 2.05) is 63.2 Å². The summed E-state index contributed by atoms with van der Waals surface area (Å²) in [6, 6.07) is 20.5. The predicted molar refractivity (Wildman–Crippen MR) is 153 cm³/mol. The molecule has 3 heterocycles. The molecule has 6 rings (SSSR count). The monoisotopic (exact) mass is 541 g/mol. The van der Waals surface area contributed by atoms with Crippen LogP contribution in [0.25, 0.3) is 22.3 Å². The van der Waals surface area contributed by atoms with Gasteiger partial charge < -0.3 is 19.6 Å². The molecule has 208 valence electrons. The van der Waals surface area contributed by atoms with E-state index >= 15 is 0 Å². The summed E-state index contributed by atoms with van der Waals surface area (Å²) < 4.78 is 5.47. The van der Waals surface area contributed by atoms with Crippen LogP contribution >= 0.6 is 0 Å². The topological polar surface area (TPSA) is 112 Å². The first-order valence-electron chi connectivity index (χ1n) is 13.7. The molecule has 2 aromatic carbocycles. The number of ether oxygens (including phenoxy) is 1. The summed E-state index contributed by atoms with van der Waals surface area (Å²) in [5, 5.41) is 18.0. The number of aromatic amines is 1. The van der Waals surface area contributed by atoms with Crippen molar-refractivity contribution >= 4 is 23.0 Å². The fourth-order valence-electron chi connectivity index (χ4n) is 4.64. The van der Waals surface area contributed by atoms with E-state index in [0.29, 0.717) is 49.0 Å². The molecular weight excluding hydrogens is 506 g/mol. The number of H-pyrrole nitrogens is 1. The van der Waals surface area contributed by atoms with E-state index in [2.05, 4.69) is 10.2 Å². The molecule has 2 N–H and O–H groups in total. The summed E-state index contributed by atoms with van der Waals surface area (Å²) in [4.78, 5) is 34.3. The summed E-state index contributed by atoms with van der Waals surface area (Å²) in [6.07, 6.45) is 1.78. The summed E-state index contributed by atoms with van der Waals surface area (Å²) >= 11 is 0. The van der Waals surface area contributed by atoms with Gasteiger partial charge in [-0.3, -0.25) is 9.89 Å². The van der Waals surface area contributed by atoms with Crippen molar-refractivity contribution in [2.45, 2.75) is 45.1 Å². The molecule has 1 saturated heterocycles. The summed E-state index contributed by atoms with van der Waals surface area (Å²) in [7, 11) is 0. The number of benzene rings is 2. The van der Waals surface area contributed by atoms with Gasteiger partial charge in [-0.15, -0.1) is 0 Å². The molecule has 1 aliphatic heterocycles. The number of carbonyl (C=O) groups is 2. The maximum Gasteiger partial charge on any atom is 0.410 e. The highest BCUT2D eigenvalue weighted by molar-refractivity contribution is 6.07. The predicted octanol–water partition coefficient (Wildman–Crippen LogP) is 5.59. The largest absolute Gasteiger partial charge is 0.508 e. The molecule has 40 heavy (non-hydrogen) atoms. The van der Waals surface area contributed by atoms with Gasteiger partial charge in [0.25, 0.3) is 5.91 Å². The molecule has 2 fully saturated rings. The molecule has 9 nitrogen and oxygen atoms in total. The Bertz CT molecular complexity index is 1440. The van der Waals surface area contributed by atoms with Crippen molar-refractivity contribution in [1.82, 2.24) is 25.0 Å². The zero-order valence-corrected chi connectivity index (χ0v) is 23.1. The van der Waals surface area contributed by atoms with E-state index < -0.39 is 5.60 Å². The molecule has 0 spiro atoms. The Morgan fingerprint density at radius 2 is 1.50 bits per heavy atom. The second-order valence-electron chi connectivity index (χ2n) is 11.1. The van der Waals surface area contributed by atoms with E-state index in [-0.39, 0.29) is 17.7 Å². The van der Waals surface area contributed by atoms with E-state index in [1.54, 1.807) is 34.1 Å². The number of phenols is 1. The van der Waals surface area contributed by atoms with Crippen LogP contribution in [-0.4, -0.2) is 73.9 Å².